The molecule has 4 heteroatoms. The van der Waals surface area contributed by atoms with Gasteiger partial charge >= 0.3 is 8.16 Å². The van der Waals surface area contributed by atoms with Gasteiger partial charge in [-0.05, 0) is 85.8 Å². The van der Waals surface area contributed by atoms with Crippen molar-refractivity contribution < 1.29 is 8.39 Å². The predicted molar refractivity (Wildman–Crippen MR) is 160 cm³/mol. The predicted octanol–water partition coefficient (Wildman–Crippen LogP) is 10.6. The van der Waals surface area contributed by atoms with Crippen LogP contribution in [0.3, 0.4) is 0 Å². The summed E-state index contributed by atoms with van der Waals surface area (Å²) in [5, 5.41) is 2.52. The van der Waals surface area contributed by atoms with Crippen molar-refractivity contribution in [2.75, 3.05) is 17.8 Å². The van der Waals surface area contributed by atoms with Gasteiger partial charge < -0.3 is 8.39 Å². The van der Waals surface area contributed by atoms with Crippen molar-refractivity contribution in [2.45, 2.75) is 119 Å². The van der Waals surface area contributed by atoms with Gasteiger partial charge in [0.1, 0.15) is 11.2 Å². The summed E-state index contributed by atoms with van der Waals surface area (Å²) in [5.41, 5.74) is 7.78. The van der Waals surface area contributed by atoms with E-state index >= 15 is 0 Å². The molecule has 1 heterocycles. The van der Waals surface area contributed by atoms with Gasteiger partial charge in [-0.2, -0.15) is 0 Å². The molecule has 0 bridgehead atoms. The van der Waals surface area contributed by atoms with E-state index in [0.29, 0.717) is 0 Å². The molecule has 0 amide bonds. The van der Waals surface area contributed by atoms with E-state index in [0.717, 1.165) is 49.9 Å². The third-order valence-electron chi connectivity index (χ3n) is 7.28. The number of benzene rings is 2. The maximum Gasteiger partial charge on any atom is 0.309 e. The Hall–Kier alpha value is -1.70. The molecule has 1 aromatic heterocycles. The molecule has 0 fully saturated rings. The van der Waals surface area contributed by atoms with Crippen molar-refractivity contribution in [3.8, 4) is 0 Å². The average Bonchev–Trinajstić information content (AvgIpc) is 3.06. The van der Waals surface area contributed by atoms with E-state index in [9.17, 15) is 0 Å². The minimum atomic E-state index is -1.21. The summed E-state index contributed by atoms with van der Waals surface area (Å²) in [6.07, 6.45) is 14.0. The molecule has 0 radical (unpaired) electrons. The minimum Gasteiger partial charge on any atom is -0.408 e. The van der Waals surface area contributed by atoms with Crippen molar-refractivity contribution >= 4 is 30.1 Å². The molecular weight excluding hydrogens is 461 g/mol. The Morgan fingerprint density at radius 2 is 0.944 bits per heavy atom. The maximum absolute atomic E-state index is 6.92. The van der Waals surface area contributed by atoms with Gasteiger partial charge in [0.25, 0.3) is 0 Å². The number of fused-ring (bicyclic) bond motifs is 3. The second kappa shape index (κ2) is 14.9. The molecule has 0 unspecified atom stereocenters. The normalized spacial score (nSPS) is 11.8. The lowest BCUT2D eigenvalue weighted by molar-refractivity contribution is 0.616. The van der Waals surface area contributed by atoms with Crippen LogP contribution >= 0.6 is 8.16 Å². The first kappa shape index (κ1) is 28.9. The summed E-state index contributed by atoms with van der Waals surface area (Å²) in [5.74, 6) is 0. The second-order valence-electron chi connectivity index (χ2n) is 10.2. The van der Waals surface area contributed by atoms with Crippen LogP contribution in [-0.4, -0.2) is 13.1 Å². The van der Waals surface area contributed by atoms with Crippen molar-refractivity contribution in [3.05, 3.63) is 46.5 Å². The van der Waals surface area contributed by atoms with Crippen LogP contribution in [0.25, 0.3) is 21.9 Å². The van der Waals surface area contributed by atoms with Crippen LogP contribution in [-0.2, 0) is 25.7 Å². The molecule has 0 aliphatic carbocycles. The monoisotopic (exact) mass is 511 g/mol. The molecule has 3 nitrogen and oxygen atoms in total. The molecule has 0 saturated heterocycles. The fraction of sp³-hybridized carbons (Fsp3) is 0.625. The van der Waals surface area contributed by atoms with Crippen LogP contribution in [0.4, 0.5) is 0 Å². The van der Waals surface area contributed by atoms with Crippen LogP contribution in [0.1, 0.15) is 115 Å². The molecule has 0 N–H and O–H groups in total. The highest BCUT2D eigenvalue weighted by atomic mass is 31.1. The summed E-state index contributed by atoms with van der Waals surface area (Å²) in [7, 11) is -1.21. The number of hydrogen-bond acceptors (Lipinski definition) is 3. The zero-order valence-electron chi connectivity index (χ0n) is 23.9. The largest absolute Gasteiger partial charge is 0.408 e. The van der Waals surface area contributed by atoms with Crippen LogP contribution < -0.4 is 4.67 Å². The van der Waals surface area contributed by atoms with Crippen LogP contribution in [0.2, 0.25) is 0 Å². The third-order valence-corrected chi connectivity index (χ3v) is 8.98. The summed E-state index contributed by atoms with van der Waals surface area (Å²) >= 11 is 0. The van der Waals surface area contributed by atoms with Gasteiger partial charge in [-0.25, -0.2) is 4.67 Å². The van der Waals surface area contributed by atoms with Crippen LogP contribution in [0.15, 0.2) is 32.7 Å². The van der Waals surface area contributed by atoms with E-state index in [1.54, 1.807) is 0 Å². The van der Waals surface area contributed by atoms with Gasteiger partial charge in [0.15, 0.2) is 0 Å². The SMILES string of the molecule is CCCCc1cc(CCCC)c2op(N(CC)CC)oc3c(CCCC)cc(CCCC)cc3c2c1. The lowest BCUT2D eigenvalue weighted by Gasteiger charge is -2.14. The minimum absolute atomic E-state index is 0.921. The molecule has 0 saturated carbocycles. The number of rotatable bonds is 15. The Morgan fingerprint density at radius 3 is 1.31 bits per heavy atom. The quantitative estimate of drug-likeness (QED) is 0.203. The van der Waals surface area contributed by atoms with Gasteiger partial charge in [0.05, 0.1) is 0 Å². The van der Waals surface area contributed by atoms with Crippen molar-refractivity contribution in [1.82, 2.24) is 0 Å². The smallest absolute Gasteiger partial charge is 0.309 e. The average molecular weight is 512 g/mol. The highest BCUT2D eigenvalue weighted by Crippen LogP contribution is 2.40. The number of hydrogen-bond donors (Lipinski definition) is 0. The van der Waals surface area contributed by atoms with Crippen molar-refractivity contribution in [1.29, 1.82) is 0 Å². The van der Waals surface area contributed by atoms with Crippen molar-refractivity contribution in [3.63, 3.8) is 0 Å². The Morgan fingerprint density at radius 1 is 0.556 bits per heavy atom. The highest BCUT2D eigenvalue weighted by Gasteiger charge is 2.18. The molecule has 3 rings (SSSR count). The number of unbranched alkanes of at least 4 members (excludes halogenated alkanes) is 4. The lowest BCUT2D eigenvalue weighted by Crippen LogP contribution is -2.17. The molecule has 3 aromatic rings. The lowest BCUT2D eigenvalue weighted by atomic mass is 9.94. The van der Waals surface area contributed by atoms with Gasteiger partial charge in [0, 0.05) is 23.9 Å². The molecule has 0 aliphatic heterocycles. The van der Waals surface area contributed by atoms with E-state index in [1.807, 2.05) is 0 Å². The zero-order chi connectivity index (χ0) is 25.9. The summed E-state index contributed by atoms with van der Waals surface area (Å²) < 4.78 is 16.2. The van der Waals surface area contributed by atoms with E-state index in [4.69, 9.17) is 8.39 Å². The first-order chi connectivity index (χ1) is 17.6. The second-order valence-corrected chi connectivity index (χ2v) is 11.6. The first-order valence-corrected chi connectivity index (χ1v) is 16.0. The molecule has 200 valence electrons. The maximum atomic E-state index is 6.92. The fourth-order valence-electron chi connectivity index (χ4n) is 5.03. The molecule has 0 spiro atoms. The first-order valence-electron chi connectivity index (χ1n) is 14.8. The van der Waals surface area contributed by atoms with Gasteiger partial charge in [0.2, 0.25) is 0 Å². The fourth-order valence-corrected chi connectivity index (χ4v) is 6.50. The van der Waals surface area contributed by atoms with Gasteiger partial charge in [-0.15, -0.1) is 0 Å². The highest BCUT2D eigenvalue weighted by molar-refractivity contribution is 7.38. The molecule has 36 heavy (non-hydrogen) atoms. The summed E-state index contributed by atoms with van der Waals surface area (Å²) in [6, 6.07) is 9.72. The standard InChI is InChI=1S/C32H50NO2P/c1-7-13-17-25-21-27(19-15-9-3)31-29(23-25)30-24-26(18-14-8-2)22-28(20-16-10-4)32(30)35-36(34-31)33(11-5)12-6/h21-24H,7-20H2,1-6H3. The summed E-state index contributed by atoms with van der Waals surface area (Å²) in [4.78, 5) is 0. The Balaban J connectivity index is 2.46. The van der Waals surface area contributed by atoms with Gasteiger partial charge in [-0.1, -0.05) is 79.4 Å². The van der Waals surface area contributed by atoms with E-state index < -0.39 is 8.16 Å². The van der Waals surface area contributed by atoms with E-state index in [-0.39, 0.29) is 0 Å². The van der Waals surface area contributed by atoms with Crippen molar-refractivity contribution in [2.24, 2.45) is 0 Å². The zero-order valence-corrected chi connectivity index (χ0v) is 24.8. The summed E-state index contributed by atoms with van der Waals surface area (Å²) in [6.45, 7) is 15.4. The Kier molecular flexibility index (Phi) is 11.9. The van der Waals surface area contributed by atoms with Gasteiger partial charge in [-0.3, -0.25) is 0 Å². The Labute approximate surface area is 221 Å². The molecule has 2 aromatic carbocycles. The molecule has 0 aliphatic rings. The van der Waals surface area contributed by atoms with Crippen LogP contribution in [0.5, 0.6) is 0 Å². The molecular formula is C32H50NO2P. The molecule has 0 atom stereocenters. The Bertz CT molecular complexity index is 1050. The number of nitrogens with zero attached hydrogens (tertiary/aromatic N) is 1. The van der Waals surface area contributed by atoms with E-state index in [1.165, 1.54) is 84.4 Å². The van der Waals surface area contributed by atoms with E-state index in [2.05, 4.69) is 70.5 Å². The van der Waals surface area contributed by atoms with Crippen LogP contribution in [0, 0.1) is 0 Å². The topological polar surface area (TPSA) is 29.5 Å². The third kappa shape index (κ3) is 7.20. The number of aryl methyl sites for hydroxylation is 4.